The molecule has 2 rings (SSSR count). The van der Waals surface area contributed by atoms with Crippen molar-refractivity contribution < 1.29 is 4.79 Å². The number of nitrogens with one attached hydrogen (secondary N) is 1. The van der Waals surface area contributed by atoms with E-state index in [2.05, 4.69) is 16.6 Å². The summed E-state index contributed by atoms with van der Waals surface area (Å²) in [6.07, 6.45) is 4.17. The lowest BCUT2D eigenvalue weighted by Gasteiger charge is -2.06. The van der Waals surface area contributed by atoms with E-state index >= 15 is 0 Å². The van der Waals surface area contributed by atoms with E-state index in [-0.39, 0.29) is 5.91 Å². The van der Waals surface area contributed by atoms with Crippen molar-refractivity contribution in [3.8, 4) is 0 Å². The molecule has 20 heavy (non-hydrogen) atoms. The van der Waals surface area contributed by atoms with Crippen LogP contribution in [-0.4, -0.2) is 29.4 Å². The van der Waals surface area contributed by atoms with Gasteiger partial charge < -0.3 is 5.32 Å². The zero-order chi connectivity index (χ0) is 14.4. The first-order valence-electron chi connectivity index (χ1n) is 6.55. The average molecular weight is 309 g/mol. The predicted molar refractivity (Wildman–Crippen MR) is 86.7 cm³/mol. The van der Waals surface area contributed by atoms with E-state index in [1.54, 1.807) is 6.07 Å². The van der Waals surface area contributed by atoms with Gasteiger partial charge in [0.05, 0.1) is 0 Å². The number of rotatable bonds is 6. The number of halogens is 1. The summed E-state index contributed by atoms with van der Waals surface area (Å²) in [6.45, 7) is 0.672. The summed E-state index contributed by atoms with van der Waals surface area (Å²) in [6, 6.07) is 9.43. The molecule has 3 nitrogen and oxygen atoms in total. The number of aromatic nitrogens is 1. The molecule has 1 N–H and O–H groups in total. The van der Waals surface area contributed by atoms with Gasteiger partial charge in [0.1, 0.15) is 10.8 Å². The molecule has 5 heteroatoms. The molecule has 0 fully saturated rings. The number of fused-ring (bicyclic) bond motifs is 1. The maximum atomic E-state index is 12.0. The van der Waals surface area contributed by atoms with Gasteiger partial charge in [0.25, 0.3) is 5.91 Å². The lowest BCUT2D eigenvalue weighted by Crippen LogP contribution is -2.25. The second kappa shape index (κ2) is 7.50. The Bertz CT molecular complexity index is 603. The Morgan fingerprint density at radius 1 is 1.35 bits per heavy atom. The fourth-order valence-corrected chi connectivity index (χ4v) is 2.69. The van der Waals surface area contributed by atoms with Gasteiger partial charge in [0, 0.05) is 11.9 Å². The van der Waals surface area contributed by atoms with Crippen LogP contribution in [-0.2, 0) is 0 Å². The third kappa shape index (κ3) is 3.87. The van der Waals surface area contributed by atoms with Gasteiger partial charge in [-0.15, -0.1) is 0 Å². The minimum absolute atomic E-state index is 0.165. The first-order valence-corrected chi connectivity index (χ1v) is 8.32. The van der Waals surface area contributed by atoms with E-state index in [9.17, 15) is 4.79 Å². The summed E-state index contributed by atoms with van der Waals surface area (Å²) in [5, 5.41) is 5.05. The number of thioether (sulfide) groups is 1. The first kappa shape index (κ1) is 15.1. The molecule has 1 heterocycles. The highest BCUT2D eigenvalue weighted by atomic mass is 35.5. The molecule has 0 saturated carbocycles. The lowest BCUT2D eigenvalue weighted by molar-refractivity contribution is 0.0948. The normalized spacial score (nSPS) is 10.7. The molecule has 1 amide bonds. The van der Waals surface area contributed by atoms with E-state index in [1.165, 1.54) is 0 Å². The van der Waals surface area contributed by atoms with Crippen LogP contribution in [0.5, 0.6) is 0 Å². The number of unbranched alkanes of at least 4 members (excludes halogenated alkanes) is 1. The molecular formula is C15H17ClN2OS. The van der Waals surface area contributed by atoms with Gasteiger partial charge >= 0.3 is 0 Å². The number of pyridine rings is 1. The zero-order valence-corrected chi connectivity index (χ0v) is 12.9. The summed E-state index contributed by atoms with van der Waals surface area (Å²) in [7, 11) is 0. The van der Waals surface area contributed by atoms with Gasteiger partial charge in [-0.1, -0.05) is 35.9 Å². The third-order valence-corrected chi connectivity index (χ3v) is 3.97. The van der Waals surface area contributed by atoms with E-state index < -0.39 is 0 Å². The summed E-state index contributed by atoms with van der Waals surface area (Å²) < 4.78 is 0. The maximum absolute atomic E-state index is 12.0. The molecule has 0 saturated heterocycles. The summed E-state index contributed by atoms with van der Waals surface area (Å²) >= 11 is 7.93. The SMILES string of the molecule is CSCCCCNC(=O)c1cc2ccccc2c(Cl)n1. The standard InChI is InChI=1S/C15H17ClN2OS/c1-20-9-5-4-8-17-15(19)13-10-11-6-2-3-7-12(11)14(16)18-13/h2-3,6-7,10H,4-5,8-9H2,1H3,(H,17,19). The molecule has 0 aliphatic heterocycles. The van der Waals surface area contributed by atoms with Gasteiger partial charge in [-0.05, 0) is 36.3 Å². The number of hydrogen-bond acceptors (Lipinski definition) is 3. The van der Waals surface area contributed by atoms with Crippen molar-refractivity contribution in [2.75, 3.05) is 18.6 Å². The van der Waals surface area contributed by atoms with Gasteiger partial charge in [-0.25, -0.2) is 4.98 Å². The molecule has 0 bridgehead atoms. The number of benzene rings is 1. The number of carbonyl (C=O) groups excluding carboxylic acids is 1. The molecule has 1 aromatic carbocycles. The van der Waals surface area contributed by atoms with Crippen LogP contribution < -0.4 is 5.32 Å². The Morgan fingerprint density at radius 3 is 2.95 bits per heavy atom. The smallest absolute Gasteiger partial charge is 0.269 e. The zero-order valence-electron chi connectivity index (χ0n) is 11.4. The molecule has 1 aromatic heterocycles. The molecular weight excluding hydrogens is 292 g/mol. The Hall–Kier alpha value is -1.26. The summed E-state index contributed by atoms with van der Waals surface area (Å²) in [4.78, 5) is 16.2. The Kier molecular flexibility index (Phi) is 5.68. The van der Waals surface area contributed by atoms with E-state index in [0.717, 1.165) is 29.4 Å². The quantitative estimate of drug-likeness (QED) is 0.652. The van der Waals surface area contributed by atoms with E-state index in [4.69, 9.17) is 11.6 Å². The van der Waals surface area contributed by atoms with Gasteiger partial charge in [0.2, 0.25) is 0 Å². The van der Waals surface area contributed by atoms with E-state index in [0.29, 0.717) is 17.4 Å². The van der Waals surface area contributed by atoms with Crippen LogP contribution in [0.2, 0.25) is 5.15 Å². The summed E-state index contributed by atoms with van der Waals surface area (Å²) in [5.41, 5.74) is 0.374. The van der Waals surface area contributed by atoms with Crippen molar-refractivity contribution in [1.29, 1.82) is 0 Å². The van der Waals surface area contributed by atoms with E-state index in [1.807, 2.05) is 36.0 Å². The second-order valence-corrected chi connectivity index (χ2v) is 5.82. The molecule has 0 radical (unpaired) electrons. The third-order valence-electron chi connectivity index (χ3n) is 2.99. The first-order chi connectivity index (χ1) is 9.72. The minimum Gasteiger partial charge on any atom is -0.351 e. The van der Waals surface area contributed by atoms with Gasteiger partial charge in [-0.2, -0.15) is 11.8 Å². The number of amides is 1. The fraction of sp³-hybridized carbons (Fsp3) is 0.333. The number of hydrogen-bond donors (Lipinski definition) is 1. The fourth-order valence-electron chi connectivity index (χ4n) is 1.94. The minimum atomic E-state index is -0.165. The molecule has 0 unspecified atom stereocenters. The van der Waals surface area contributed by atoms with Crippen LogP contribution in [0.4, 0.5) is 0 Å². The monoisotopic (exact) mass is 308 g/mol. The number of carbonyl (C=O) groups is 1. The Labute approximate surface area is 128 Å². The van der Waals surface area contributed by atoms with Crippen LogP contribution in [0.25, 0.3) is 10.8 Å². The van der Waals surface area contributed by atoms with Crippen LogP contribution >= 0.6 is 23.4 Å². The molecule has 106 valence electrons. The average Bonchev–Trinajstić information content (AvgIpc) is 2.47. The highest BCUT2D eigenvalue weighted by Crippen LogP contribution is 2.22. The Balaban J connectivity index is 2.03. The van der Waals surface area contributed by atoms with Crippen LogP contribution in [0.3, 0.4) is 0 Å². The molecule has 0 aliphatic rings. The number of nitrogens with zero attached hydrogens (tertiary/aromatic N) is 1. The van der Waals surface area contributed by atoms with Crippen molar-refractivity contribution in [3.63, 3.8) is 0 Å². The van der Waals surface area contributed by atoms with Crippen LogP contribution in [0.1, 0.15) is 23.3 Å². The second-order valence-electron chi connectivity index (χ2n) is 4.48. The molecule has 0 aliphatic carbocycles. The highest BCUT2D eigenvalue weighted by molar-refractivity contribution is 7.98. The van der Waals surface area contributed by atoms with Gasteiger partial charge in [0.15, 0.2) is 0 Å². The van der Waals surface area contributed by atoms with Crippen LogP contribution in [0, 0.1) is 0 Å². The van der Waals surface area contributed by atoms with Crippen molar-refractivity contribution in [3.05, 3.63) is 41.2 Å². The molecule has 0 spiro atoms. The topological polar surface area (TPSA) is 42.0 Å². The molecule has 0 atom stereocenters. The van der Waals surface area contributed by atoms with Gasteiger partial charge in [-0.3, -0.25) is 4.79 Å². The summed E-state index contributed by atoms with van der Waals surface area (Å²) in [5.74, 6) is 0.956. The Morgan fingerprint density at radius 2 is 2.15 bits per heavy atom. The highest BCUT2D eigenvalue weighted by Gasteiger charge is 2.10. The predicted octanol–water partition coefficient (Wildman–Crippen LogP) is 3.76. The van der Waals surface area contributed by atoms with Crippen molar-refractivity contribution in [1.82, 2.24) is 10.3 Å². The van der Waals surface area contributed by atoms with Crippen molar-refractivity contribution in [2.45, 2.75) is 12.8 Å². The van der Waals surface area contributed by atoms with Crippen molar-refractivity contribution in [2.24, 2.45) is 0 Å². The van der Waals surface area contributed by atoms with Crippen molar-refractivity contribution >= 4 is 40.0 Å². The largest absolute Gasteiger partial charge is 0.351 e. The lowest BCUT2D eigenvalue weighted by atomic mass is 10.1. The van der Waals surface area contributed by atoms with Crippen LogP contribution in [0.15, 0.2) is 30.3 Å². The molecule has 2 aromatic rings. The maximum Gasteiger partial charge on any atom is 0.269 e.